The Hall–Kier alpha value is -2.68. The molecule has 0 bridgehead atoms. The van der Waals surface area contributed by atoms with Crippen molar-refractivity contribution < 1.29 is 9.59 Å². The number of carbonyl (C=O) groups excluding carboxylic acids is 2. The third-order valence-corrected chi connectivity index (χ3v) is 4.41. The second-order valence-corrected chi connectivity index (χ2v) is 6.51. The lowest BCUT2D eigenvalue weighted by Crippen LogP contribution is -2.29. The number of piperidine rings is 1. The van der Waals surface area contributed by atoms with Crippen LogP contribution in [0.4, 0.5) is 16.0 Å². The van der Waals surface area contributed by atoms with Gasteiger partial charge in [0.1, 0.15) is 10.8 Å². The van der Waals surface area contributed by atoms with Gasteiger partial charge in [-0.25, -0.2) is 9.97 Å². The summed E-state index contributed by atoms with van der Waals surface area (Å²) in [6, 6.07) is 5.56. The molecular weight excluding hydrogens is 340 g/mol. The number of primary amides is 2. The number of aromatic nitrogens is 2. The van der Waals surface area contributed by atoms with Crippen LogP contribution in [0.3, 0.4) is 0 Å². The third kappa shape index (κ3) is 5.71. The van der Waals surface area contributed by atoms with Crippen LogP contribution in [0.5, 0.6) is 0 Å². The smallest absolute Gasteiger partial charge is 0.270 e. The number of anilines is 3. The molecule has 25 heavy (non-hydrogen) atoms. The molecule has 3 heterocycles. The van der Waals surface area contributed by atoms with E-state index in [1.165, 1.54) is 24.7 Å². The summed E-state index contributed by atoms with van der Waals surface area (Å²) < 4.78 is 0. The minimum atomic E-state index is -0.520. The Kier molecular flexibility index (Phi) is 6.70. The van der Waals surface area contributed by atoms with Crippen molar-refractivity contribution in [2.45, 2.75) is 26.2 Å². The Labute approximate surface area is 150 Å². The first-order valence-electron chi connectivity index (χ1n) is 7.97. The fourth-order valence-corrected chi connectivity index (χ4v) is 3.36. The van der Waals surface area contributed by atoms with E-state index in [9.17, 15) is 9.59 Å². The Morgan fingerprint density at radius 3 is 2.44 bits per heavy atom. The lowest BCUT2D eigenvalue weighted by atomic mass is 10.1. The quantitative estimate of drug-likeness (QED) is 0.762. The number of nitrogens with one attached hydrogen (secondary N) is 1. The number of nitrogens with zero attached hydrogens (tertiary/aromatic N) is 3. The molecule has 0 saturated carbocycles. The first-order chi connectivity index (χ1) is 12.0. The second-order valence-electron chi connectivity index (χ2n) is 5.54. The molecule has 0 radical (unpaired) electrons. The molecule has 0 aliphatic carbocycles. The number of carbonyl (C=O) groups is 2. The van der Waals surface area contributed by atoms with Crippen molar-refractivity contribution in [1.82, 2.24) is 9.97 Å². The van der Waals surface area contributed by atoms with Crippen LogP contribution in [0.15, 0.2) is 24.4 Å². The number of hydrogen-bond donors (Lipinski definition) is 3. The minimum absolute atomic E-state index is 0.284. The topological polar surface area (TPSA) is 127 Å². The Balaban J connectivity index is 0.000000511. The summed E-state index contributed by atoms with van der Waals surface area (Å²) in [6.45, 7) is 3.27. The van der Waals surface area contributed by atoms with E-state index in [0.29, 0.717) is 10.8 Å². The van der Waals surface area contributed by atoms with Crippen molar-refractivity contribution in [3.05, 3.63) is 30.1 Å². The molecule has 134 valence electrons. The molecule has 0 spiro atoms. The van der Waals surface area contributed by atoms with Gasteiger partial charge in [-0.2, -0.15) is 0 Å². The van der Waals surface area contributed by atoms with Crippen molar-refractivity contribution in [2.24, 2.45) is 11.5 Å². The first-order valence-corrected chi connectivity index (χ1v) is 8.78. The van der Waals surface area contributed by atoms with Gasteiger partial charge in [-0.05, 0) is 31.4 Å². The molecule has 1 saturated heterocycles. The zero-order valence-electron chi connectivity index (χ0n) is 14.1. The Morgan fingerprint density at radius 1 is 1.20 bits per heavy atom. The SMILES string of the molecule is CC(N)=O.NC(=O)c1nc(N2CCCCC2)sc1Nc1ccccn1. The number of amides is 2. The maximum Gasteiger partial charge on any atom is 0.270 e. The molecule has 2 aromatic heterocycles. The monoisotopic (exact) mass is 362 g/mol. The van der Waals surface area contributed by atoms with Crippen molar-refractivity contribution >= 4 is 39.1 Å². The highest BCUT2D eigenvalue weighted by molar-refractivity contribution is 7.20. The predicted octanol–water partition coefficient (Wildman–Crippen LogP) is 1.86. The van der Waals surface area contributed by atoms with Gasteiger partial charge in [-0.1, -0.05) is 17.4 Å². The van der Waals surface area contributed by atoms with Crippen molar-refractivity contribution in [1.29, 1.82) is 0 Å². The van der Waals surface area contributed by atoms with Crippen LogP contribution in [-0.4, -0.2) is 34.9 Å². The van der Waals surface area contributed by atoms with Gasteiger partial charge in [0.2, 0.25) is 5.91 Å². The van der Waals surface area contributed by atoms with Crippen molar-refractivity contribution in [3.63, 3.8) is 0 Å². The van der Waals surface area contributed by atoms with E-state index in [1.54, 1.807) is 6.20 Å². The third-order valence-electron chi connectivity index (χ3n) is 3.38. The molecule has 1 aliphatic rings. The highest BCUT2D eigenvalue weighted by Gasteiger charge is 2.21. The maximum atomic E-state index is 11.6. The van der Waals surface area contributed by atoms with Gasteiger partial charge < -0.3 is 21.7 Å². The van der Waals surface area contributed by atoms with Crippen LogP contribution in [0.2, 0.25) is 0 Å². The van der Waals surface area contributed by atoms with Crippen LogP contribution in [-0.2, 0) is 4.79 Å². The lowest BCUT2D eigenvalue weighted by Gasteiger charge is -2.25. The van der Waals surface area contributed by atoms with Gasteiger partial charge in [-0.15, -0.1) is 0 Å². The van der Waals surface area contributed by atoms with Crippen LogP contribution in [0, 0.1) is 0 Å². The van der Waals surface area contributed by atoms with Gasteiger partial charge in [0.25, 0.3) is 5.91 Å². The van der Waals surface area contributed by atoms with Crippen LogP contribution in [0.1, 0.15) is 36.7 Å². The van der Waals surface area contributed by atoms with Gasteiger partial charge in [0, 0.05) is 26.2 Å². The molecule has 1 fully saturated rings. The summed E-state index contributed by atoms with van der Waals surface area (Å²) in [5.41, 5.74) is 10.2. The Morgan fingerprint density at radius 2 is 1.88 bits per heavy atom. The number of rotatable bonds is 4. The zero-order valence-corrected chi connectivity index (χ0v) is 14.9. The standard InChI is InChI=1S/C14H17N5OS.C2H5NO/c15-12(20)11-13(17-10-6-2-3-7-16-10)21-14(18-11)19-8-4-1-5-9-19;1-2(3)4/h2-3,6-7H,1,4-5,8-9H2,(H2,15,20)(H,16,17);1H3,(H2,3,4). The lowest BCUT2D eigenvalue weighted by molar-refractivity contribution is -0.115. The molecule has 0 aromatic carbocycles. The highest BCUT2D eigenvalue weighted by Crippen LogP contribution is 2.33. The number of nitrogens with two attached hydrogens (primary N) is 2. The van der Waals surface area contributed by atoms with Crippen molar-refractivity contribution in [2.75, 3.05) is 23.3 Å². The fourth-order valence-electron chi connectivity index (χ4n) is 2.33. The van der Waals surface area contributed by atoms with Gasteiger partial charge in [0.15, 0.2) is 10.8 Å². The summed E-state index contributed by atoms with van der Waals surface area (Å²) >= 11 is 1.45. The minimum Gasteiger partial charge on any atom is -0.370 e. The average molecular weight is 362 g/mol. The molecule has 8 nitrogen and oxygen atoms in total. The van der Waals surface area contributed by atoms with E-state index in [0.717, 1.165) is 31.1 Å². The summed E-state index contributed by atoms with van der Waals surface area (Å²) in [5.74, 6) is -0.179. The summed E-state index contributed by atoms with van der Waals surface area (Å²) in [6.07, 6.45) is 5.27. The van der Waals surface area contributed by atoms with E-state index < -0.39 is 5.91 Å². The predicted molar refractivity (Wildman–Crippen MR) is 99.1 cm³/mol. The summed E-state index contributed by atoms with van der Waals surface area (Å²) in [4.78, 5) is 31.6. The Bertz CT molecular complexity index is 709. The molecule has 0 atom stereocenters. The molecule has 3 rings (SSSR count). The van der Waals surface area contributed by atoms with E-state index in [-0.39, 0.29) is 11.6 Å². The highest BCUT2D eigenvalue weighted by atomic mass is 32.1. The normalized spacial score (nSPS) is 13.6. The fraction of sp³-hybridized carbons (Fsp3) is 0.375. The van der Waals surface area contributed by atoms with Gasteiger partial charge in [0.05, 0.1) is 0 Å². The summed E-state index contributed by atoms with van der Waals surface area (Å²) in [7, 11) is 0. The van der Waals surface area contributed by atoms with Gasteiger partial charge >= 0.3 is 0 Å². The van der Waals surface area contributed by atoms with E-state index in [2.05, 4.69) is 25.9 Å². The number of pyridine rings is 1. The molecule has 2 amide bonds. The average Bonchev–Trinajstić information content (AvgIpc) is 3.00. The molecule has 1 aliphatic heterocycles. The number of thiazole rings is 1. The molecule has 2 aromatic rings. The van der Waals surface area contributed by atoms with E-state index in [4.69, 9.17) is 5.73 Å². The van der Waals surface area contributed by atoms with Crippen molar-refractivity contribution in [3.8, 4) is 0 Å². The van der Waals surface area contributed by atoms with E-state index in [1.807, 2.05) is 18.2 Å². The number of hydrogen-bond acceptors (Lipinski definition) is 7. The summed E-state index contributed by atoms with van der Waals surface area (Å²) in [5, 5.41) is 4.63. The van der Waals surface area contributed by atoms with Gasteiger partial charge in [-0.3, -0.25) is 9.59 Å². The zero-order chi connectivity index (χ0) is 18.2. The molecular formula is C16H22N6O2S. The molecule has 0 unspecified atom stereocenters. The second kappa shape index (κ2) is 8.97. The maximum absolute atomic E-state index is 11.6. The van der Waals surface area contributed by atoms with Crippen LogP contribution >= 0.6 is 11.3 Å². The molecule has 5 N–H and O–H groups in total. The molecule has 9 heteroatoms. The van der Waals surface area contributed by atoms with Crippen LogP contribution in [0.25, 0.3) is 0 Å². The first kappa shape index (κ1) is 18.7. The van der Waals surface area contributed by atoms with Crippen LogP contribution < -0.4 is 21.7 Å². The van der Waals surface area contributed by atoms with E-state index >= 15 is 0 Å². The largest absolute Gasteiger partial charge is 0.370 e.